The van der Waals surface area contributed by atoms with Crippen molar-refractivity contribution in [3.63, 3.8) is 0 Å². The molecule has 0 unspecified atom stereocenters. The minimum absolute atomic E-state index is 0.0246. The highest BCUT2D eigenvalue weighted by Crippen LogP contribution is 2.17. The molecule has 1 aliphatic rings. The molecular weight excluding hydrogens is 302 g/mol. The molecule has 0 bridgehead atoms. The Morgan fingerprint density at radius 1 is 1.41 bits per heavy atom. The standard InChI is InChI=1S/C14H25N5O2S/c1-18(2)11-5-4-7-19(8-6-11)9-12(20)15-14-17-16-13(22-14)10-21-3/h11H,4-10H2,1-3H3,(H,15,17,20)/t11-/m0/s1. The second-order valence-electron chi connectivity index (χ2n) is 5.81. The van der Waals surface area contributed by atoms with E-state index in [-0.39, 0.29) is 5.91 Å². The Bertz CT molecular complexity index is 480. The molecular formula is C14H25N5O2S. The molecule has 0 spiro atoms. The molecule has 1 aromatic heterocycles. The molecule has 1 fully saturated rings. The molecule has 2 rings (SSSR count). The van der Waals surface area contributed by atoms with Gasteiger partial charge in [-0.2, -0.15) is 0 Å². The van der Waals surface area contributed by atoms with E-state index in [1.54, 1.807) is 7.11 Å². The van der Waals surface area contributed by atoms with Gasteiger partial charge in [0.05, 0.1) is 6.54 Å². The summed E-state index contributed by atoms with van der Waals surface area (Å²) >= 11 is 1.35. The second kappa shape index (κ2) is 8.52. The van der Waals surface area contributed by atoms with Gasteiger partial charge >= 0.3 is 0 Å². The van der Waals surface area contributed by atoms with Gasteiger partial charge in [-0.1, -0.05) is 11.3 Å². The van der Waals surface area contributed by atoms with Crippen LogP contribution in [0.15, 0.2) is 0 Å². The molecule has 1 saturated heterocycles. The Labute approximate surface area is 135 Å². The lowest BCUT2D eigenvalue weighted by molar-refractivity contribution is -0.117. The fourth-order valence-electron chi connectivity index (χ4n) is 2.66. The number of aromatic nitrogens is 2. The molecule has 7 nitrogen and oxygen atoms in total. The van der Waals surface area contributed by atoms with Crippen molar-refractivity contribution < 1.29 is 9.53 Å². The summed E-state index contributed by atoms with van der Waals surface area (Å²) < 4.78 is 4.99. The van der Waals surface area contributed by atoms with E-state index in [4.69, 9.17) is 4.74 Å². The molecule has 22 heavy (non-hydrogen) atoms. The van der Waals surface area contributed by atoms with Crippen LogP contribution in [0.3, 0.4) is 0 Å². The van der Waals surface area contributed by atoms with Gasteiger partial charge < -0.3 is 9.64 Å². The largest absolute Gasteiger partial charge is 0.377 e. The summed E-state index contributed by atoms with van der Waals surface area (Å²) in [6.45, 7) is 2.77. The normalized spacial score (nSPS) is 20.1. The summed E-state index contributed by atoms with van der Waals surface area (Å²) in [5, 5.41) is 12.0. The number of likely N-dealkylation sites (tertiary alicyclic amines) is 1. The van der Waals surface area contributed by atoms with Gasteiger partial charge in [0.15, 0.2) is 0 Å². The summed E-state index contributed by atoms with van der Waals surface area (Å²) in [5.74, 6) is -0.0246. The maximum absolute atomic E-state index is 12.1. The van der Waals surface area contributed by atoms with Crippen molar-refractivity contribution in [3.05, 3.63) is 5.01 Å². The van der Waals surface area contributed by atoms with Crippen molar-refractivity contribution in [1.82, 2.24) is 20.0 Å². The van der Waals surface area contributed by atoms with Gasteiger partial charge in [0.25, 0.3) is 0 Å². The van der Waals surface area contributed by atoms with Gasteiger partial charge in [0, 0.05) is 19.7 Å². The highest BCUT2D eigenvalue weighted by molar-refractivity contribution is 7.15. The van der Waals surface area contributed by atoms with Crippen LogP contribution in [0.5, 0.6) is 0 Å². The summed E-state index contributed by atoms with van der Waals surface area (Å²) in [5.41, 5.74) is 0. The van der Waals surface area contributed by atoms with Crippen molar-refractivity contribution in [3.8, 4) is 0 Å². The number of ether oxygens (including phenoxy) is 1. The van der Waals surface area contributed by atoms with Crippen molar-refractivity contribution in [2.24, 2.45) is 0 Å². The summed E-state index contributed by atoms with van der Waals surface area (Å²) in [6.07, 6.45) is 3.44. The Hall–Kier alpha value is -1.09. The van der Waals surface area contributed by atoms with Crippen molar-refractivity contribution in [1.29, 1.82) is 0 Å². The van der Waals surface area contributed by atoms with Crippen LogP contribution >= 0.6 is 11.3 Å². The van der Waals surface area contributed by atoms with E-state index < -0.39 is 0 Å². The second-order valence-corrected chi connectivity index (χ2v) is 6.87. The van der Waals surface area contributed by atoms with Crippen LogP contribution < -0.4 is 5.32 Å². The monoisotopic (exact) mass is 327 g/mol. The minimum atomic E-state index is -0.0246. The van der Waals surface area contributed by atoms with E-state index in [2.05, 4.69) is 39.4 Å². The predicted octanol–water partition coefficient (Wildman–Crippen LogP) is 1.04. The van der Waals surface area contributed by atoms with Crippen LogP contribution in [0.1, 0.15) is 24.3 Å². The molecule has 2 heterocycles. The lowest BCUT2D eigenvalue weighted by Gasteiger charge is -2.23. The van der Waals surface area contributed by atoms with E-state index in [9.17, 15) is 4.79 Å². The fourth-order valence-corrected chi connectivity index (χ4v) is 3.39. The first kappa shape index (κ1) is 17.3. The Morgan fingerprint density at radius 3 is 2.95 bits per heavy atom. The van der Waals surface area contributed by atoms with E-state index in [0.29, 0.717) is 24.3 Å². The average molecular weight is 327 g/mol. The van der Waals surface area contributed by atoms with Gasteiger partial charge in [-0.05, 0) is 39.9 Å². The zero-order chi connectivity index (χ0) is 15.9. The number of carbonyl (C=O) groups is 1. The SMILES string of the molecule is COCc1nnc(NC(=O)CN2CCC[C@H](N(C)C)CC2)s1. The molecule has 1 N–H and O–H groups in total. The molecule has 1 atom stereocenters. The predicted molar refractivity (Wildman–Crippen MR) is 87.0 cm³/mol. The van der Waals surface area contributed by atoms with Gasteiger partial charge in [-0.25, -0.2) is 0 Å². The minimum Gasteiger partial charge on any atom is -0.377 e. The Morgan fingerprint density at radius 2 is 2.23 bits per heavy atom. The van der Waals surface area contributed by atoms with Crippen LogP contribution in [0.2, 0.25) is 0 Å². The molecule has 0 radical (unpaired) electrons. The average Bonchev–Trinajstić information content (AvgIpc) is 2.75. The van der Waals surface area contributed by atoms with E-state index in [0.717, 1.165) is 30.9 Å². The number of hydrogen-bond acceptors (Lipinski definition) is 7. The van der Waals surface area contributed by atoms with Crippen molar-refractivity contribution in [2.75, 3.05) is 46.2 Å². The highest BCUT2D eigenvalue weighted by atomic mass is 32.1. The number of anilines is 1. The first-order valence-electron chi connectivity index (χ1n) is 7.58. The molecule has 8 heteroatoms. The van der Waals surface area contributed by atoms with Crippen LogP contribution in [-0.2, 0) is 16.1 Å². The van der Waals surface area contributed by atoms with Gasteiger partial charge in [0.2, 0.25) is 11.0 Å². The first-order chi connectivity index (χ1) is 10.6. The molecule has 0 aromatic carbocycles. The smallest absolute Gasteiger partial charge is 0.240 e. The van der Waals surface area contributed by atoms with Crippen LogP contribution in [0.4, 0.5) is 5.13 Å². The molecule has 1 amide bonds. The van der Waals surface area contributed by atoms with Gasteiger partial charge in [0.1, 0.15) is 11.6 Å². The van der Waals surface area contributed by atoms with E-state index >= 15 is 0 Å². The first-order valence-corrected chi connectivity index (χ1v) is 8.40. The van der Waals surface area contributed by atoms with Gasteiger partial charge in [-0.3, -0.25) is 15.0 Å². The Balaban J connectivity index is 1.78. The van der Waals surface area contributed by atoms with Gasteiger partial charge in [-0.15, -0.1) is 10.2 Å². The number of carbonyl (C=O) groups excluding carboxylic acids is 1. The summed E-state index contributed by atoms with van der Waals surface area (Å²) in [7, 11) is 5.86. The fraction of sp³-hybridized carbons (Fsp3) is 0.786. The van der Waals surface area contributed by atoms with Crippen molar-refractivity contribution in [2.45, 2.75) is 31.9 Å². The van der Waals surface area contributed by atoms with Crippen LogP contribution in [0, 0.1) is 0 Å². The van der Waals surface area contributed by atoms with Crippen LogP contribution in [0.25, 0.3) is 0 Å². The quantitative estimate of drug-likeness (QED) is 0.842. The third-order valence-corrected chi connectivity index (χ3v) is 4.68. The van der Waals surface area contributed by atoms with E-state index in [1.807, 2.05) is 0 Å². The molecule has 1 aliphatic heterocycles. The third kappa shape index (κ3) is 5.28. The molecule has 0 aliphatic carbocycles. The number of hydrogen-bond donors (Lipinski definition) is 1. The third-order valence-electron chi connectivity index (χ3n) is 3.87. The maximum Gasteiger partial charge on any atom is 0.240 e. The topological polar surface area (TPSA) is 70.6 Å². The zero-order valence-electron chi connectivity index (χ0n) is 13.5. The molecule has 0 saturated carbocycles. The number of amides is 1. The molecule has 124 valence electrons. The summed E-state index contributed by atoms with van der Waals surface area (Å²) in [4.78, 5) is 16.6. The molecule has 1 aromatic rings. The maximum atomic E-state index is 12.1. The lowest BCUT2D eigenvalue weighted by Crippen LogP contribution is -2.35. The number of rotatable bonds is 6. The number of nitrogens with one attached hydrogen (secondary N) is 1. The lowest BCUT2D eigenvalue weighted by atomic mass is 10.1. The number of nitrogens with zero attached hydrogens (tertiary/aromatic N) is 4. The zero-order valence-corrected chi connectivity index (χ0v) is 14.4. The number of methoxy groups -OCH3 is 1. The van der Waals surface area contributed by atoms with E-state index in [1.165, 1.54) is 17.8 Å². The highest BCUT2D eigenvalue weighted by Gasteiger charge is 2.20. The van der Waals surface area contributed by atoms with Crippen LogP contribution in [-0.4, -0.2) is 72.8 Å². The Kier molecular flexibility index (Phi) is 6.69. The summed E-state index contributed by atoms with van der Waals surface area (Å²) in [6, 6.07) is 0.618. The van der Waals surface area contributed by atoms with Crippen molar-refractivity contribution >= 4 is 22.4 Å².